The van der Waals surface area contributed by atoms with Crippen molar-refractivity contribution in [1.29, 1.82) is 0 Å². The van der Waals surface area contributed by atoms with Crippen LogP contribution in [0.5, 0.6) is 0 Å². The average molecular weight is 195 g/mol. The molecule has 0 fully saturated rings. The first-order valence-electron chi connectivity index (χ1n) is 2.68. The largest absolute Gasteiger partial charge is 0.481 e. The van der Waals surface area contributed by atoms with Crippen molar-refractivity contribution in [2.75, 3.05) is 0 Å². The second-order valence-electron chi connectivity index (χ2n) is 1.77. The summed E-state index contributed by atoms with van der Waals surface area (Å²) in [5.74, 6) is -3.00. The first kappa shape index (κ1) is 10.6. The van der Waals surface area contributed by atoms with E-state index in [4.69, 9.17) is 10.2 Å². The maximum atomic E-state index is 10.1. The standard InChI is InChI=1S/C4H5NO6S/c6-3(7)1-2(4(8)9)5-12(10)11/h2H,1H2,(H,6,7)(H,8,9). The number of hydrogen-bond acceptors (Lipinski definition) is 5. The molecule has 7 nitrogen and oxygen atoms in total. The van der Waals surface area contributed by atoms with E-state index >= 15 is 0 Å². The zero-order chi connectivity index (χ0) is 9.72. The summed E-state index contributed by atoms with van der Waals surface area (Å²) in [5, 5.41) is 16.4. The van der Waals surface area contributed by atoms with Crippen molar-refractivity contribution in [2.45, 2.75) is 12.5 Å². The highest BCUT2D eigenvalue weighted by Crippen LogP contribution is 1.97. The van der Waals surface area contributed by atoms with Crippen molar-refractivity contribution < 1.29 is 28.2 Å². The summed E-state index contributed by atoms with van der Waals surface area (Å²) in [6, 6.07) is -1.74. The van der Waals surface area contributed by atoms with Crippen molar-refractivity contribution in [1.82, 2.24) is 0 Å². The molecule has 0 spiro atoms. The van der Waals surface area contributed by atoms with Gasteiger partial charge in [0.2, 0.25) is 0 Å². The van der Waals surface area contributed by atoms with Crippen molar-refractivity contribution in [2.24, 2.45) is 4.36 Å². The molecule has 0 aromatic carbocycles. The first-order chi connectivity index (χ1) is 5.43. The van der Waals surface area contributed by atoms with Crippen molar-refractivity contribution in [3.63, 3.8) is 0 Å². The predicted octanol–water partition coefficient (Wildman–Crippen LogP) is -1.02. The van der Waals surface area contributed by atoms with Gasteiger partial charge in [0, 0.05) is 0 Å². The van der Waals surface area contributed by atoms with Crippen LogP contribution >= 0.6 is 0 Å². The molecule has 0 aliphatic rings. The lowest BCUT2D eigenvalue weighted by atomic mass is 10.2. The van der Waals surface area contributed by atoms with Gasteiger partial charge < -0.3 is 10.2 Å². The van der Waals surface area contributed by atoms with Crippen LogP contribution in [0.15, 0.2) is 4.36 Å². The van der Waals surface area contributed by atoms with Crippen LogP contribution in [0, 0.1) is 0 Å². The van der Waals surface area contributed by atoms with Crippen LogP contribution in [-0.2, 0) is 20.1 Å². The second-order valence-corrected chi connectivity index (χ2v) is 2.42. The monoisotopic (exact) mass is 195 g/mol. The van der Waals surface area contributed by atoms with E-state index in [0.717, 1.165) is 0 Å². The third-order valence-electron chi connectivity index (χ3n) is 0.866. The Labute approximate surface area is 68.3 Å². The highest BCUT2D eigenvalue weighted by atomic mass is 32.2. The Morgan fingerprint density at radius 1 is 1.33 bits per heavy atom. The van der Waals surface area contributed by atoms with Gasteiger partial charge in [-0.15, -0.1) is 0 Å². The molecule has 0 bridgehead atoms. The van der Waals surface area contributed by atoms with Crippen LogP contribution in [0.3, 0.4) is 0 Å². The molecule has 0 aliphatic carbocycles. The van der Waals surface area contributed by atoms with Crippen LogP contribution in [0.1, 0.15) is 6.42 Å². The number of carbonyl (C=O) groups is 2. The molecule has 0 aromatic heterocycles. The van der Waals surface area contributed by atoms with Gasteiger partial charge in [0.15, 0.2) is 6.04 Å². The van der Waals surface area contributed by atoms with Gasteiger partial charge >= 0.3 is 22.4 Å². The third kappa shape index (κ3) is 4.39. The molecule has 0 amide bonds. The van der Waals surface area contributed by atoms with Crippen molar-refractivity contribution >= 4 is 22.4 Å². The Morgan fingerprint density at radius 2 is 1.83 bits per heavy atom. The third-order valence-corrected chi connectivity index (χ3v) is 1.29. The van der Waals surface area contributed by atoms with Gasteiger partial charge in [-0.1, -0.05) is 0 Å². The summed E-state index contributed by atoms with van der Waals surface area (Å²) in [6.45, 7) is 0. The zero-order valence-electron chi connectivity index (χ0n) is 5.67. The van der Waals surface area contributed by atoms with E-state index in [-0.39, 0.29) is 0 Å². The van der Waals surface area contributed by atoms with E-state index in [0.29, 0.717) is 0 Å². The molecule has 2 N–H and O–H groups in total. The minimum Gasteiger partial charge on any atom is -0.481 e. The maximum absolute atomic E-state index is 10.1. The van der Waals surface area contributed by atoms with E-state index in [1.54, 1.807) is 0 Å². The van der Waals surface area contributed by atoms with Crippen LogP contribution in [0.25, 0.3) is 0 Å². The average Bonchev–Trinajstić information content (AvgIpc) is 1.83. The SMILES string of the molecule is O=C(O)CC(N=S(=O)=O)C(=O)O. The van der Waals surface area contributed by atoms with Crippen LogP contribution in [0.4, 0.5) is 0 Å². The van der Waals surface area contributed by atoms with Crippen LogP contribution in [-0.4, -0.2) is 36.6 Å². The lowest BCUT2D eigenvalue weighted by Gasteiger charge is -1.98. The van der Waals surface area contributed by atoms with Gasteiger partial charge in [0.05, 0.1) is 6.42 Å². The Bertz CT molecular complexity index is 308. The Morgan fingerprint density at radius 3 is 2.08 bits per heavy atom. The van der Waals surface area contributed by atoms with E-state index in [2.05, 4.69) is 4.36 Å². The van der Waals surface area contributed by atoms with Gasteiger partial charge in [-0.3, -0.25) is 4.79 Å². The summed E-state index contributed by atoms with van der Waals surface area (Å²) in [7, 11) is -2.90. The molecular formula is C4H5NO6S. The van der Waals surface area contributed by atoms with Gasteiger partial charge in [0.1, 0.15) is 0 Å². The molecule has 0 saturated carbocycles. The molecule has 68 valence electrons. The van der Waals surface area contributed by atoms with E-state index in [1.807, 2.05) is 0 Å². The number of rotatable bonds is 4. The quantitative estimate of drug-likeness (QED) is 0.591. The molecule has 1 unspecified atom stereocenters. The fourth-order valence-electron chi connectivity index (χ4n) is 0.439. The summed E-state index contributed by atoms with van der Waals surface area (Å²) in [4.78, 5) is 20.1. The molecule has 0 heterocycles. The number of carboxylic acid groups (broad SMARTS) is 2. The summed E-state index contributed by atoms with van der Waals surface area (Å²) < 4.78 is 22.4. The molecular weight excluding hydrogens is 190 g/mol. The summed E-state index contributed by atoms with van der Waals surface area (Å²) in [5.41, 5.74) is 0. The Balaban J connectivity index is 4.57. The number of aliphatic carboxylic acids is 2. The fraction of sp³-hybridized carbons (Fsp3) is 0.500. The van der Waals surface area contributed by atoms with Crippen molar-refractivity contribution in [3.8, 4) is 0 Å². The minimum absolute atomic E-state index is 0.844. The minimum atomic E-state index is -2.90. The molecule has 0 aliphatic heterocycles. The molecule has 0 rings (SSSR count). The van der Waals surface area contributed by atoms with Crippen LogP contribution < -0.4 is 0 Å². The maximum Gasteiger partial charge on any atom is 0.330 e. The number of hydrogen-bond donors (Lipinski definition) is 2. The smallest absolute Gasteiger partial charge is 0.330 e. The fourth-order valence-corrected chi connectivity index (χ4v) is 0.811. The van der Waals surface area contributed by atoms with Crippen LogP contribution in [0.2, 0.25) is 0 Å². The predicted molar refractivity (Wildman–Crippen MR) is 35.0 cm³/mol. The van der Waals surface area contributed by atoms with E-state index in [9.17, 15) is 18.0 Å². The van der Waals surface area contributed by atoms with Gasteiger partial charge in [-0.2, -0.15) is 12.8 Å². The Kier molecular flexibility index (Phi) is 3.91. The topological polar surface area (TPSA) is 121 Å². The summed E-state index contributed by atoms with van der Waals surface area (Å²) in [6.07, 6.45) is -0.844. The van der Waals surface area contributed by atoms with Crippen molar-refractivity contribution in [3.05, 3.63) is 0 Å². The van der Waals surface area contributed by atoms with E-state index in [1.165, 1.54) is 0 Å². The molecule has 8 heteroatoms. The second kappa shape index (κ2) is 4.44. The normalized spacial score (nSPS) is 11.7. The molecule has 0 aromatic rings. The molecule has 12 heavy (non-hydrogen) atoms. The lowest BCUT2D eigenvalue weighted by Crippen LogP contribution is -2.21. The lowest BCUT2D eigenvalue weighted by molar-refractivity contribution is -0.144. The number of nitrogens with zero attached hydrogens (tertiary/aromatic N) is 1. The molecule has 1 atom stereocenters. The number of carboxylic acids is 2. The zero-order valence-corrected chi connectivity index (χ0v) is 6.48. The molecule has 0 radical (unpaired) electrons. The highest BCUT2D eigenvalue weighted by molar-refractivity contribution is 7.61. The van der Waals surface area contributed by atoms with Gasteiger partial charge in [-0.25, -0.2) is 4.79 Å². The highest BCUT2D eigenvalue weighted by Gasteiger charge is 2.20. The molecule has 0 saturated heterocycles. The summed E-state index contributed by atoms with van der Waals surface area (Å²) >= 11 is 0. The van der Waals surface area contributed by atoms with E-state index < -0.39 is 34.9 Å². The van der Waals surface area contributed by atoms with Gasteiger partial charge in [0.25, 0.3) is 0 Å². The Hall–Kier alpha value is -1.44. The first-order valence-corrected chi connectivity index (χ1v) is 3.71. The van der Waals surface area contributed by atoms with Gasteiger partial charge in [-0.05, 0) is 0 Å².